The minimum Gasteiger partial charge on any atom is -0.372 e. The van der Waals surface area contributed by atoms with Crippen LogP contribution in [0.15, 0.2) is 24.3 Å². The van der Waals surface area contributed by atoms with Gasteiger partial charge in [0.1, 0.15) is 0 Å². The van der Waals surface area contributed by atoms with Gasteiger partial charge in [0.25, 0.3) is 0 Å². The number of hydrogen-bond acceptors (Lipinski definition) is 3. The van der Waals surface area contributed by atoms with Gasteiger partial charge in [-0.2, -0.15) is 0 Å². The Bertz CT molecular complexity index is 372. The van der Waals surface area contributed by atoms with Crippen molar-refractivity contribution in [3.05, 3.63) is 29.3 Å². The molecule has 0 spiro atoms. The molecule has 1 saturated heterocycles. The molecule has 2 unspecified atom stereocenters. The molecule has 17 heavy (non-hydrogen) atoms. The Kier molecular flexibility index (Phi) is 4.26. The predicted molar refractivity (Wildman–Crippen MR) is 71.7 cm³/mol. The van der Waals surface area contributed by atoms with Gasteiger partial charge in [0.2, 0.25) is 0 Å². The second-order valence-corrected chi connectivity index (χ2v) is 4.97. The van der Waals surface area contributed by atoms with Gasteiger partial charge < -0.3 is 15.4 Å². The molecule has 2 atom stereocenters. The standard InChI is InChI=1S/C13H19ClN2O/c1-10-8-16(9-13(17-10)5-6-15)12-4-2-3-11(14)7-12/h2-4,7,10,13H,5-6,8-9,15H2,1H3. The van der Waals surface area contributed by atoms with E-state index in [1.165, 1.54) is 0 Å². The molecule has 0 aliphatic carbocycles. The maximum atomic E-state index is 6.02. The van der Waals surface area contributed by atoms with Crippen molar-refractivity contribution in [1.82, 2.24) is 0 Å². The number of nitrogens with zero attached hydrogens (tertiary/aromatic N) is 1. The zero-order chi connectivity index (χ0) is 12.3. The number of hydrogen-bond donors (Lipinski definition) is 1. The van der Waals surface area contributed by atoms with Crippen LogP contribution in [-0.4, -0.2) is 31.8 Å². The number of anilines is 1. The molecule has 0 aromatic heterocycles. The SMILES string of the molecule is CC1CN(c2cccc(Cl)c2)CC(CCN)O1. The summed E-state index contributed by atoms with van der Waals surface area (Å²) >= 11 is 6.02. The highest BCUT2D eigenvalue weighted by Gasteiger charge is 2.24. The van der Waals surface area contributed by atoms with Crippen LogP contribution in [0.4, 0.5) is 5.69 Å². The van der Waals surface area contributed by atoms with Crippen molar-refractivity contribution < 1.29 is 4.74 Å². The van der Waals surface area contributed by atoms with E-state index < -0.39 is 0 Å². The largest absolute Gasteiger partial charge is 0.372 e. The summed E-state index contributed by atoms with van der Waals surface area (Å²) in [6.45, 7) is 4.56. The first-order valence-electron chi connectivity index (χ1n) is 6.05. The molecule has 1 heterocycles. The molecule has 0 bridgehead atoms. The zero-order valence-electron chi connectivity index (χ0n) is 10.1. The average Bonchev–Trinajstić information content (AvgIpc) is 2.28. The van der Waals surface area contributed by atoms with Gasteiger partial charge in [0, 0.05) is 23.8 Å². The Morgan fingerprint density at radius 2 is 2.29 bits per heavy atom. The van der Waals surface area contributed by atoms with Gasteiger partial charge in [-0.3, -0.25) is 0 Å². The van der Waals surface area contributed by atoms with Crippen LogP contribution >= 0.6 is 11.6 Å². The lowest BCUT2D eigenvalue weighted by Gasteiger charge is -2.38. The van der Waals surface area contributed by atoms with Gasteiger partial charge in [-0.15, -0.1) is 0 Å². The minimum absolute atomic E-state index is 0.225. The van der Waals surface area contributed by atoms with Crippen molar-refractivity contribution in [2.75, 3.05) is 24.5 Å². The highest BCUT2D eigenvalue weighted by molar-refractivity contribution is 6.30. The fraction of sp³-hybridized carbons (Fsp3) is 0.538. The molecule has 2 N–H and O–H groups in total. The smallest absolute Gasteiger partial charge is 0.0766 e. The third-order valence-corrected chi connectivity index (χ3v) is 3.22. The maximum absolute atomic E-state index is 6.02. The number of rotatable bonds is 3. The van der Waals surface area contributed by atoms with Gasteiger partial charge >= 0.3 is 0 Å². The Balaban J connectivity index is 2.09. The molecule has 1 fully saturated rings. The third-order valence-electron chi connectivity index (χ3n) is 2.99. The fourth-order valence-corrected chi connectivity index (χ4v) is 2.46. The zero-order valence-corrected chi connectivity index (χ0v) is 10.9. The van der Waals surface area contributed by atoms with E-state index in [1.807, 2.05) is 18.2 Å². The Hall–Kier alpha value is -0.770. The summed E-state index contributed by atoms with van der Waals surface area (Å²) in [6.07, 6.45) is 1.36. The number of ether oxygens (including phenoxy) is 1. The molecule has 0 amide bonds. The van der Waals surface area contributed by atoms with E-state index in [9.17, 15) is 0 Å². The highest BCUT2D eigenvalue weighted by atomic mass is 35.5. The quantitative estimate of drug-likeness (QED) is 0.900. The van der Waals surface area contributed by atoms with E-state index in [0.29, 0.717) is 6.54 Å². The highest BCUT2D eigenvalue weighted by Crippen LogP contribution is 2.24. The number of nitrogens with two attached hydrogens (primary N) is 1. The number of benzene rings is 1. The Labute approximate surface area is 107 Å². The second kappa shape index (κ2) is 5.71. The minimum atomic E-state index is 0.225. The summed E-state index contributed by atoms with van der Waals surface area (Å²) in [5, 5.41) is 0.775. The van der Waals surface area contributed by atoms with E-state index in [1.54, 1.807) is 0 Å². The first-order chi connectivity index (χ1) is 8.19. The topological polar surface area (TPSA) is 38.5 Å². The van der Waals surface area contributed by atoms with Crippen molar-refractivity contribution in [1.29, 1.82) is 0 Å². The van der Waals surface area contributed by atoms with Gasteiger partial charge in [-0.1, -0.05) is 17.7 Å². The summed E-state index contributed by atoms with van der Waals surface area (Å²) in [4.78, 5) is 2.32. The summed E-state index contributed by atoms with van der Waals surface area (Å²) in [7, 11) is 0. The van der Waals surface area contributed by atoms with Crippen LogP contribution in [0.2, 0.25) is 5.02 Å². The van der Waals surface area contributed by atoms with E-state index in [4.69, 9.17) is 22.1 Å². The summed E-state index contributed by atoms with van der Waals surface area (Å²) in [5.41, 5.74) is 6.76. The molecular weight excluding hydrogens is 236 g/mol. The van der Waals surface area contributed by atoms with Crippen LogP contribution in [0.1, 0.15) is 13.3 Å². The van der Waals surface area contributed by atoms with Gasteiger partial charge in [-0.05, 0) is 38.1 Å². The summed E-state index contributed by atoms with van der Waals surface area (Å²) in [6, 6.07) is 7.96. The molecule has 1 aliphatic heterocycles. The van der Waals surface area contributed by atoms with Crippen molar-refractivity contribution >= 4 is 17.3 Å². The molecule has 0 radical (unpaired) electrons. The molecular formula is C13H19ClN2O. The van der Waals surface area contributed by atoms with Crippen molar-refractivity contribution in [2.24, 2.45) is 5.73 Å². The van der Waals surface area contributed by atoms with Crippen molar-refractivity contribution in [3.63, 3.8) is 0 Å². The lowest BCUT2D eigenvalue weighted by Crippen LogP contribution is -2.47. The van der Waals surface area contributed by atoms with E-state index in [0.717, 1.165) is 30.2 Å². The van der Waals surface area contributed by atoms with Crippen molar-refractivity contribution in [3.8, 4) is 0 Å². The second-order valence-electron chi connectivity index (χ2n) is 4.53. The Morgan fingerprint density at radius 3 is 3.00 bits per heavy atom. The van der Waals surface area contributed by atoms with Crippen LogP contribution in [-0.2, 0) is 4.74 Å². The average molecular weight is 255 g/mol. The van der Waals surface area contributed by atoms with Gasteiger partial charge in [0.15, 0.2) is 0 Å². The molecule has 1 aliphatic rings. The maximum Gasteiger partial charge on any atom is 0.0766 e. The molecule has 1 aromatic rings. The molecule has 2 rings (SSSR count). The summed E-state index contributed by atoms with van der Waals surface area (Å²) in [5.74, 6) is 0. The predicted octanol–water partition coefficient (Wildman–Crippen LogP) is 2.28. The van der Waals surface area contributed by atoms with Crippen LogP contribution in [0, 0.1) is 0 Å². The third kappa shape index (κ3) is 3.35. The molecule has 3 nitrogen and oxygen atoms in total. The van der Waals surface area contributed by atoms with Crippen LogP contribution in [0.25, 0.3) is 0 Å². The van der Waals surface area contributed by atoms with Crippen LogP contribution < -0.4 is 10.6 Å². The molecule has 0 saturated carbocycles. The van der Waals surface area contributed by atoms with Gasteiger partial charge in [0.05, 0.1) is 12.2 Å². The van der Waals surface area contributed by atoms with Crippen molar-refractivity contribution in [2.45, 2.75) is 25.6 Å². The lowest BCUT2D eigenvalue weighted by molar-refractivity contribution is -0.0183. The fourth-order valence-electron chi connectivity index (χ4n) is 2.27. The normalized spacial score (nSPS) is 25.0. The van der Waals surface area contributed by atoms with E-state index >= 15 is 0 Å². The van der Waals surface area contributed by atoms with Crippen LogP contribution in [0.5, 0.6) is 0 Å². The lowest BCUT2D eigenvalue weighted by atomic mass is 10.1. The van der Waals surface area contributed by atoms with E-state index in [2.05, 4.69) is 17.9 Å². The van der Waals surface area contributed by atoms with E-state index in [-0.39, 0.29) is 12.2 Å². The number of halogens is 1. The summed E-state index contributed by atoms with van der Waals surface area (Å²) < 4.78 is 5.85. The molecule has 1 aromatic carbocycles. The Morgan fingerprint density at radius 1 is 1.47 bits per heavy atom. The van der Waals surface area contributed by atoms with Crippen LogP contribution in [0.3, 0.4) is 0 Å². The van der Waals surface area contributed by atoms with Gasteiger partial charge in [-0.25, -0.2) is 0 Å². The monoisotopic (exact) mass is 254 g/mol. The first-order valence-corrected chi connectivity index (χ1v) is 6.43. The molecule has 4 heteroatoms. The molecule has 94 valence electrons. The number of morpholine rings is 1. The first kappa shape index (κ1) is 12.7.